The summed E-state index contributed by atoms with van der Waals surface area (Å²) in [6.45, 7) is 0. The van der Waals surface area contributed by atoms with Gasteiger partial charge in [0.05, 0.1) is 22.3 Å². The fraction of sp³-hybridized carbons (Fsp3) is 0. The van der Waals surface area contributed by atoms with Gasteiger partial charge in [-0.1, -0.05) is 24.3 Å². The summed E-state index contributed by atoms with van der Waals surface area (Å²) in [5.41, 5.74) is 4.75. The fourth-order valence-electron chi connectivity index (χ4n) is 2.68. The van der Waals surface area contributed by atoms with Gasteiger partial charge in [-0.2, -0.15) is 0 Å². The van der Waals surface area contributed by atoms with Crippen molar-refractivity contribution in [2.45, 2.75) is 0 Å². The monoisotopic (exact) mass is 368 g/mol. The molecule has 0 aliphatic rings. The van der Waals surface area contributed by atoms with Gasteiger partial charge in [0.15, 0.2) is 0 Å². The van der Waals surface area contributed by atoms with Crippen LogP contribution in [-0.4, -0.2) is 19.9 Å². The van der Waals surface area contributed by atoms with E-state index < -0.39 is 7.92 Å². The number of nitrogens with zero attached hydrogens (tertiary/aromatic N) is 4. The Bertz CT molecular complexity index is 926. The molecule has 130 valence electrons. The van der Waals surface area contributed by atoms with Crippen molar-refractivity contribution in [1.82, 2.24) is 19.9 Å². The second kappa shape index (κ2) is 8.43. The van der Waals surface area contributed by atoms with E-state index in [1.54, 1.807) is 12.4 Å². The third kappa shape index (κ3) is 4.13. The molecule has 0 fully saturated rings. The molecule has 0 N–H and O–H groups in total. The van der Waals surface area contributed by atoms with Crippen LogP contribution in [-0.2, 0) is 0 Å². The Labute approximate surface area is 159 Å². The van der Waals surface area contributed by atoms with Crippen LogP contribution in [0.1, 0.15) is 11.4 Å². The van der Waals surface area contributed by atoms with E-state index in [-0.39, 0.29) is 0 Å². The molecule has 0 radical (unpaired) electrons. The zero-order valence-corrected chi connectivity index (χ0v) is 15.4. The van der Waals surface area contributed by atoms with E-state index in [9.17, 15) is 0 Å². The molecule has 0 bridgehead atoms. The zero-order valence-electron chi connectivity index (χ0n) is 14.6. The van der Waals surface area contributed by atoms with Gasteiger partial charge in [0, 0.05) is 38.3 Å². The highest BCUT2D eigenvalue weighted by Gasteiger charge is 2.17. The first kappa shape index (κ1) is 17.2. The molecule has 27 heavy (non-hydrogen) atoms. The van der Waals surface area contributed by atoms with Crippen LogP contribution in [0.25, 0.3) is 5.57 Å². The topological polar surface area (TPSA) is 51.6 Å². The molecule has 4 aromatic rings. The van der Waals surface area contributed by atoms with Crippen LogP contribution in [0.5, 0.6) is 0 Å². The van der Waals surface area contributed by atoms with Crippen molar-refractivity contribution in [2.24, 2.45) is 0 Å². The van der Waals surface area contributed by atoms with Crippen molar-refractivity contribution < 1.29 is 0 Å². The lowest BCUT2D eigenvalue weighted by atomic mass is 10.1. The average Bonchev–Trinajstić information content (AvgIpc) is 2.77. The molecule has 0 unspecified atom stereocenters. The van der Waals surface area contributed by atoms with E-state index in [4.69, 9.17) is 0 Å². The zero-order chi connectivity index (χ0) is 18.3. The largest absolute Gasteiger partial charge is 0.256 e. The number of pyridine rings is 4. The van der Waals surface area contributed by atoms with Gasteiger partial charge in [-0.05, 0) is 54.3 Å². The molecule has 0 spiro atoms. The molecule has 4 heterocycles. The summed E-state index contributed by atoms with van der Waals surface area (Å²) < 4.78 is 0. The first-order valence-electron chi connectivity index (χ1n) is 8.58. The fourth-order valence-corrected chi connectivity index (χ4v) is 4.58. The molecule has 0 saturated carbocycles. The van der Waals surface area contributed by atoms with E-state index in [1.807, 2.05) is 85.2 Å². The minimum Gasteiger partial charge on any atom is -0.256 e. The van der Waals surface area contributed by atoms with Crippen molar-refractivity contribution in [3.63, 3.8) is 0 Å². The molecule has 4 nitrogen and oxygen atoms in total. The number of hydrogen-bond acceptors (Lipinski definition) is 4. The van der Waals surface area contributed by atoms with Crippen LogP contribution in [0.15, 0.2) is 103 Å². The van der Waals surface area contributed by atoms with E-state index in [1.165, 1.54) is 0 Å². The van der Waals surface area contributed by atoms with Gasteiger partial charge >= 0.3 is 0 Å². The Kier molecular flexibility index (Phi) is 5.37. The Morgan fingerprint density at radius 2 is 1.00 bits per heavy atom. The Morgan fingerprint density at radius 3 is 1.37 bits per heavy atom. The summed E-state index contributed by atoms with van der Waals surface area (Å²) in [6, 6.07) is 23.8. The molecule has 5 heteroatoms. The SMILES string of the molecule is C(=C(c1ccccn1)c1ccccn1)P(c1ccccn1)c1ccccn1. The highest BCUT2D eigenvalue weighted by Crippen LogP contribution is 2.38. The average molecular weight is 368 g/mol. The van der Waals surface area contributed by atoms with Crippen LogP contribution < -0.4 is 10.9 Å². The van der Waals surface area contributed by atoms with Crippen molar-refractivity contribution in [3.8, 4) is 0 Å². The van der Waals surface area contributed by atoms with Crippen molar-refractivity contribution >= 4 is 24.4 Å². The first-order valence-corrected chi connectivity index (χ1v) is 9.99. The molecule has 0 atom stereocenters. The van der Waals surface area contributed by atoms with Crippen molar-refractivity contribution in [1.29, 1.82) is 0 Å². The number of aromatic nitrogens is 4. The smallest absolute Gasteiger partial charge is 0.0731 e. The maximum absolute atomic E-state index is 4.60. The molecule has 4 rings (SSSR count). The minimum absolute atomic E-state index is 0.885. The Hall–Kier alpha value is -3.23. The third-order valence-electron chi connectivity index (χ3n) is 3.93. The maximum atomic E-state index is 4.60. The molecular weight excluding hydrogens is 351 g/mol. The molecule has 0 aliphatic heterocycles. The maximum Gasteiger partial charge on any atom is 0.0731 e. The highest BCUT2D eigenvalue weighted by atomic mass is 31.1. The second-order valence-electron chi connectivity index (χ2n) is 5.72. The standard InChI is InChI=1S/C22H17N4P/c1-5-13-23-19(9-1)18(20-10-2-6-14-24-20)17-27(21-11-3-7-15-25-21)22-12-4-8-16-26-22/h1-17H. The van der Waals surface area contributed by atoms with Crippen LogP contribution in [0.3, 0.4) is 0 Å². The van der Waals surface area contributed by atoms with Gasteiger partial charge in [0.25, 0.3) is 0 Å². The van der Waals surface area contributed by atoms with Crippen LogP contribution in [0.2, 0.25) is 0 Å². The predicted molar refractivity (Wildman–Crippen MR) is 110 cm³/mol. The molecule has 0 saturated heterocycles. The lowest BCUT2D eigenvalue weighted by Gasteiger charge is -2.15. The summed E-state index contributed by atoms with van der Waals surface area (Å²) >= 11 is 0. The lowest BCUT2D eigenvalue weighted by molar-refractivity contribution is 1.22. The molecule has 0 amide bonds. The summed E-state index contributed by atoms with van der Waals surface area (Å²) in [4.78, 5) is 18.3. The van der Waals surface area contributed by atoms with Gasteiger partial charge in [-0.15, -0.1) is 0 Å². The molecule has 4 aromatic heterocycles. The van der Waals surface area contributed by atoms with Crippen LogP contribution in [0.4, 0.5) is 0 Å². The predicted octanol–water partition coefficient (Wildman–Crippen LogP) is 3.79. The quantitative estimate of drug-likeness (QED) is 0.503. The number of rotatable bonds is 5. The summed E-state index contributed by atoms with van der Waals surface area (Å²) in [5, 5.41) is 0. The van der Waals surface area contributed by atoms with Crippen molar-refractivity contribution in [3.05, 3.63) is 115 Å². The van der Waals surface area contributed by atoms with Gasteiger partial charge in [-0.3, -0.25) is 19.9 Å². The Morgan fingerprint density at radius 1 is 0.556 bits per heavy atom. The van der Waals surface area contributed by atoms with Gasteiger partial charge in [0.2, 0.25) is 0 Å². The van der Waals surface area contributed by atoms with Crippen LogP contribution in [0, 0.1) is 0 Å². The van der Waals surface area contributed by atoms with Gasteiger partial charge in [-0.25, -0.2) is 0 Å². The van der Waals surface area contributed by atoms with Crippen LogP contribution >= 0.6 is 7.92 Å². The molecular formula is C22H17N4P. The number of hydrogen-bond donors (Lipinski definition) is 0. The lowest BCUT2D eigenvalue weighted by Crippen LogP contribution is -2.16. The van der Waals surface area contributed by atoms with E-state index in [0.717, 1.165) is 27.8 Å². The molecule has 0 aliphatic carbocycles. The van der Waals surface area contributed by atoms with Gasteiger partial charge < -0.3 is 0 Å². The van der Waals surface area contributed by atoms with E-state index in [0.29, 0.717) is 0 Å². The Balaban J connectivity index is 1.90. The van der Waals surface area contributed by atoms with E-state index in [2.05, 4.69) is 25.8 Å². The van der Waals surface area contributed by atoms with Gasteiger partial charge in [0.1, 0.15) is 0 Å². The summed E-state index contributed by atoms with van der Waals surface area (Å²) in [7, 11) is -0.902. The summed E-state index contributed by atoms with van der Waals surface area (Å²) in [5.74, 6) is 2.21. The van der Waals surface area contributed by atoms with Crippen molar-refractivity contribution in [2.75, 3.05) is 0 Å². The second-order valence-corrected chi connectivity index (χ2v) is 7.63. The minimum atomic E-state index is -0.902. The third-order valence-corrected chi connectivity index (χ3v) is 5.96. The first-order chi connectivity index (χ1) is 13.4. The molecule has 0 aromatic carbocycles. The van der Waals surface area contributed by atoms with E-state index >= 15 is 0 Å². The highest BCUT2D eigenvalue weighted by molar-refractivity contribution is 7.75. The normalized spacial score (nSPS) is 10.6. The summed E-state index contributed by atoms with van der Waals surface area (Å²) in [6.07, 6.45) is 7.25.